The lowest BCUT2D eigenvalue weighted by atomic mass is 10.1. The molecule has 100 valence electrons. The molecule has 1 unspecified atom stereocenters. The lowest BCUT2D eigenvalue weighted by Crippen LogP contribution is -2.38. The molecule has 0 aromatic rings. The number of hydrogen-bond donors (Lipinski definition) is 1. The van der Waals surface area contributed by atoms with Crippen molar-refractivity contribution >= 4 is 10.2 Å². The van der Waals surface area contributed by atoms with E-state index >= 15 is 0 Å². The molecule has 1 nitrogen and oxygen atoms in total. The molecule has 0 bridgehead atoms. The fourth-order valence-electron chi connectivity index (χ4n) is 2.97. The second kappa shape index (κ2) is 4.47. The highest BCUT2D eigenvalue weighted by Crippen LogP contribution is 2.56. The highest BCUT2D eigenvalue weighted by atomic mass is 32.3. The van der Waals surface area contributed by atoms with Gasteiger partial charge in [0.15, 0.2) is 0 Å². The molecule has 0 spiro atoms. The zero-order chi connectivity index (χ0) is 13.6. The van der Waals surface area contributed by atoms with Gasteiger partial charge in [0.25, 0.3) is 0 Å². The first-order chi connectivity index (χ1) is 7.47. The molecule has 0 fully saturated rings. The summed E-state index contributed by atoms with van der Waals surface area (Å²) in [5, 5.41) is 0. The lowest BCUT2D eigenvalue weighted by Gasteiger charge is -2.43. The molecular weight excluding hydrogens is 226 g/mol. The number of hydrogen-bond acceptors (Lipinski definition) is 1. The molecular formula is C15H29NS. The number of rotatable bonds is 2. The van der Waals surface area contributed by atoms with Gasteiger partial charge in [0.05, 0.1) is 0 Å². The molecule has 0 saturated carbocycles. The molecule has 1 N–H and O–H groups in total. The molecule has 17 heavy (non-hydrogen) atoms. The molecule has 0 heterocycles. The predicted molar refractivity (Wildman–Crippen MR) is 82.6 cm³/mol. The smallest absolute Gasteiger partial charge is 0.0186 e. The summed E-state index contributed by atoms with van der Waals surface area (Å²) in [6.07, 6.45) is 4.78. The van der Waals surface area contributed by atoms with Crippen LogP contribution in [0.3, 0.4) is 0 Å². The normalized spacial score (nSPS) is 23.7. The van der Waals surface area contributed by atoms with Crippen LogP contribution in [0.5, 0.6) is 0 Å². The second-order valence-corrected chi connectivity index (χ2v) is 10.00. The van der Waals surface area contributed by atoms with E-state index in [4.69, 9.17) is 0 Å². The van der Waals surface area contributed by atoms with Gasteiger partial charge in [0.1, 0.15) is 0 Å². The van der Waals surface area contributed by atoms with E-state index in [2.05, 4.69) is 65.7 Å². The third kappa shape index (κ3) is 2.97. The number of nitrogens with one attached hydrogen (secondary N) is 1. The highest BCUT2D eigenvalue weighted by Gasteiger charge is 2.33. The summed E-state index contributed by atoms with van der Waals surface area (Å²) in [7, 11) is -0.894. The topological polar surface area (TPSA) is 12.0 Å². The van der Waals surface area contributed by atoms with Crippen LogP contribution < -0.4 is 4.72 Å². The van der Waals surface area contributed by atoms with E-state index in [-0.39, 0.29) is 5.54 Å². The first kappa shape index (κ1) is 14.8. The van der Waals surface area contributed by atoms with E-state index in [9.17, 15) is 0 Å². The Bertz CT molecular complexity index is 380. The molecule has 1 rings (SSSR count). The van der Waals surface area contributed by atoms with E-state index in [1.54, 1.807) is 10.5 Å². The Labute approximate surface area is 109 Å². The van der Waals surface area contributed by atoms with Gasteiger partial charge in [-0.3, -0.25) is 4.72 Å². The quantitative estimate of drug-likeness (QED) is 0.759. The van der Waals surface area contributed by atoms with Crippen LogP contribution in [0.25, 0.3) is 0 Å². The maximum atomic E-state index is 3.84. The SMILES string of the molecule is CC1=C(C)C(C)C(S(C)(C)NC(C)(C)C)=C1C. The van der Waals surface area contributed by atoms with Crippen LogP contribution in [0.2, 0.25) is 0 Å². The van der Waals surface area contributed by atoms with Crippen molar-refractivity contribution < 1.29 is 0 Å². The van der Waals surface area contributed by atoms with Crippen LogP contribution in [0, 0.1) is 5.92 Å². The fourth-order valence-corrected chi connectivity index (χ4v) is 6.59. The Morgan fingerprint density at radius 1 is 1.00 bits per heavy atom. The third-order valence-electron chi connectivity index (χ3n) is 3.68. The van der Waals surface area contributed by atoms with Crippen LogP contribution >= 0.6 is 10.2 Å². The van der Waals surface area contributed by atoms with Gasteiger partial charge < -0.3 is 0 Å². The van der Waals surface area contributed by atoms with Crippen molar-refractivity contribution in [2.45, 2.75) is 54.0 Å². The van der Waals surface area contributed by atoms with Crippen molar-refractivity contribution in [2.24, 2.45) is 5.92 Å². The maximum Gasteiger partial charge on any atom is 0.0186 e. The Morgan fingerprint density at radius 3 is 1.76 bits per heavy atom. The van der Waals surface area contributed by atoms with Crippen LogP contribution in [-0.2, 0) is 0 Å². The molecule has 1 aliphatic carbocycles. The summed E-state index contributed by atoms with van der Waals surface area (Å²) in [5.74, 6) is 0.606. The molecule has 2 heteroatoms. The highest BCUT2D eigenvalue weighted by molar-refractivity contribution is 8.34. The summed E-state index contributed by atoms with van der Waals surface area (Å²) in [5.41, 5.74) is 4.75. The molecule has 0 radical (unpaired) electrons. The summed E-state index contributed by atoms with van der Waals surface area (Å²) in [4.78, 5) is 1.64. The summed E-state index contributed by atoms with van der Waals surface area (Å²) >= 11 is 0. The van der Waals surface area contributed by atoms with Crippen LogP contribution in [0.4, 0.5) is 0 Å². The molecule has 0 saturated heterocycles. The molecule has 0 aromatic heterocycles. The Balaban J connectivity index is 3.11. The monoisotopic (exact) mass is 255 g/mol. The maximum absolute atomic E-state index is 3.84. The first-order valence-corrected chi connectivity index (χ1v) is 8.83. The van der Waals surface area contributed by atoms with Crippen LogP contribution in [0.15, 0.2) is 21.6 Å². The predicted octanol–water partition coefficient (Wildman–Crippen LogP) is 4.61. The largest absolute Gasteiger partial charge is 0.272 e. The minimum Gasteiger partial charge on any atom is -0.272 e. The second-order valence-electron chi connectivity index (χ2n) is 6.70. The van der Waals surface area contributed by atoms with Gasteiger partial charge in [0.2, 0.25) is 0 Å². The minimum absolute atomic E-state index is 0.177. The van der Waals surface area contributed by atoms with Gasteiger partial charge in [-0.25, -0.2) is 0 Å². The summed E-state index contributed by atoms with van der Waals surface area (Å²) < 4.78 is 3.84. The van der Waals surface area contributed by atoms with Gasteiger partial charge in [-0.05, 0) is 70.1 Å². The van der Waals surface area contributed by atoms with Crippen molar-refractivity contribution in [3.05, 3.63) is 21.6 Å². The van der Waals surface area contributed by atoms with Gasteiger partial charge in [-0.2, -0.15) is 10.2 Å². The third-order valence-corrected chi connectivity index (χ3v) is 6.56. The van der Waals surface area contributed by atoms with E-state index in [0.717, 1.165) is 0 Å². The summed E-state index contributed by atoms with van der Waals surface area (Å²) in [6.45, 7) is 15.9. The van der Waals surface area contributed by atoms with Gasteiger partial charge in [-0.15, -0.1) is 0 Å². The van der Waals surface area contributed by atoms with E-state index in [1.165, 1.54) is 11.1 Å². The average Bonchev–Trinajstić information content (AvgIpc) is 2.27. The Morgan fingerprint density at radius 2 is 1.47 bits per heavy atom. The van der Waals surface area contributed by atoms with Crippen LogP contribution in [-0.4, -0.2) is 18.1 Å². The van der Waals surface area contributed by atoms with Crippen molar-refractivity contribution in [3.63, 3.8) is 0 Å². The molecule has 0 aromatic carbocycles. The average molecular weight is 255 g/mol. The summed E-state index contributed by atoms with van der Waals surface area (Å²) in [6, 6.07) is 0. The van der Waals surface area contributed by atoms with E-state index < -0.39 is 10.2 Å². The van der Waals surface area contributed by atoms with Crippen molar-refractivity contribution in [2.75, 3.05) is 12.5 Å². The Kier molecular flexibility index (Phi) is 3.91. The zero-order valence-electron chi connectivity index (χ0n) is 13.0. The van der Waals surface area contributed by atoms with Gasteiger partial charge >= 0.3 is 0 Å². The standard InChI is InChI=1S/C15H29NS/c1-10-11(2)13(4)14(12(10)3)17(8,9)16-15(5,6)7/h12,16H,1-9H3. The molecule has 0 amide bonds. The van der Waals surface area contributed by atoms with E-state index in [1.807, 2.05) is 0 Å². The van der Waals surface area contributed by atoms with Crippen molar-refractivity contribution in [1.29, 1.82) is 0 Å². The zero-order valence-corrected chi connectivity index (χ0v) is 13.8. The molecule has 1 aliphatic rings. The van der Waals surface area contributed by atoms with Crippen molar-refractivity contribution in [3.8, 4) is 0 Å². The lowest BCUT2D eigenvalue weighted by molar-refractivity contribution is 0.531. The Hall–Kier alpha value is -0.210. The van der Waals surface area contributed by atoms with E-state index in [0.29, 0.717) is 5.92 Å². The van der Waals surface area contributed by atoms with Gasteiger partial charge in [0, 0.05) is 11.5 Å². The first-order valence-electron chi connectivity index (χ1n) is 6.38. The van der Waals surface area contributed by atoms with Crippen LogP contribution in [0.1, 0.15) is 48.5 Å². The van der Waals surface area contributed by atoms with Crippen molar-refractivity contribution in [1.82, 2.24) is 4.72 Å². The minimum atomic E-state index is -0.894. The van der Waals surface area contributed by atoms with Gasteiger partial charge in [-0.1, -0.05) is 12.5 Å². The molecule has 0 aliphatic heterocycles. The fraction of sp³-hybridized carbons (Fsp3) is 0.733. The molecule has 1 atom stereocenters. The number of allylic oxidation sites excluding steroid dienone is 4.